The lowest BCUT2D eigenvalue weighted by molar-refractivity contribution is -0.138. The zero-order valence-corrected chi connectivity index (χ0v) is 23.2. The summed E-state index contributed by atoms with van der Waals surface area (Å²) in [6.45, 7) is 0. The molecule has 0 spiro atoms. The van der Waals surface area contributed by atoms with Crippen molar-refractivity contribution < 1.29 is 49.9 Å². The smallest absolute Gasteiger partial charge is 0.416 e. The number of nitrogens with zero attached hydrogens (tertiary/aromatic N) is 1. The van der Waals surface area contributed by atoms with E-state index in [1.165, 1.54) is 17.5 Å². The van der Waals surface area contributed by atoms with Gasteiger partial charge in [-0.15, -0.1) is 4.72 Å². The highest BCUT2D eigenvalue weighted by molar-refractivity contribution is 7.87. The third-order valence-electron chi connectivity index (χ3n) is 7.70. The molecule has 43 heavy (non-hydrogen) atoms. The second kappa shape index (κ2) is 11.6. The van der Waals surface area contributed by atoms with Crippen LogP contribution in [-0.2, 0) is 35.1 Å². The quantitative estimate of drug-likeness (QED) is 0.217. The second-order valence-corrected chi connectivity index (χ2v) is 11.5. The summed E-state index contributed by atoms with van der Waals surface area (Å²) in [5.74, 6) is -1.84. The van der Waals surface area contributed by atoms with Gasteiger partial charge >= 0.3 is 18.3 Å². The number of methoxy groups -OCH3 is 1. The molecule has 0 aromatic heterocycles. The van der Waals surface area contributed by atoms with Gasteiger partial charge in [0.2, 0.25) is 0 Å². The molecule has 5 rings (SSSR count). The molecule has 2 saturated heterocycles. The minimum atomic E-state index is -4.82. The highest BCUT2D eigenvalue weighted by Crippen LogP contribution is 2.51. The molecule has 230 valence electrons. The molecule has 6 nitrogen and oxygen atoms in total. The van der Waals surface area contributed by atoms with Crippen LogP contribution in [0.5, 0.6) is 5.75 Å². The molecule has 2 N–H and O–H groups in total. The Labute approximate surface area is 244 Å². The van der Waals surface area contributed by atoms with E-state index in [1.807, 2.05) is 0 Å². The van der Waals surface area contributed by atoms with Crippen molar-refractivity contribution in [1.82, 2.24) is 9.03 Å². The molecule has 0 saturated carbocycles. The van der Waals surface area contributed by atoms with E-state index in [-0.39, 0.29) is 36.8 Å². The van der Waals surface area contributed by atoms with Gasteiger partial charge in [0.15, 0.2) is 0 Å². The number of aryl methyl sites for hydroxylation is 1. The summed E-state index contributed by atoms with van der Waals surface area (Å²) in [5.41, 5.74) is -0.747. The van der Waals surface area contributed by atoms with E-state index in [9.17, 15) is 40.1 Å². The van der Waals surface area contributed by atoms with Crippen molar-refractivity contribution in [3.8, 4) is 16.9 Å². The summed E-state index contributed by atoms with van der Waals surface area (Å²) in [7, 11) is 1.38. The summed E-state index contributed by atoms with van der Waals surface area (Å²) in [4.78, 5) is 11.1. The number of rotatable bonds is 7. The molecule has 3 aromatic rings. The number of carboxylic acid groups (broad SMARTS) is 1. The zero-order chi connectivity index (χ0) is 31.3. The van der Waals surface area contributed by atoms with Gasteiger partial charge in [0.1, 0.15) is 23.1 Å². The van der Waals surface area contributed by atoms with Gasteiger partial charge in [0.05, 0.1) is 36.4 Å². The van der Waals surface area contributed by atoms with Crippen LogP contribution >= 0.6 is 0 Å². The Morgan fingerprint density at radius 3 is 2.37 bits per heavy atom. The number of ether oxygens (including phenoxy) is 1. The highest BCUT2D eigenvalue weighted by Gasteiger charge is 2.54. The predicted molar refractivity (Wildman–Crippen MR) is 142 cm³/mol. The molecule has 0 bridgehead atoms. The van der Waals surface area contributed by atoms with Crippen molar-refractivity contribution in [2.45, 2.75) is 56.2 Å². The van der Waals surface area contributed by atoms with E-state index >= 15 is 0 Å². The Hall–Kier alpha value is -3.33. The number of alkyl halides is 6. The summed E-state index contributed by atoms with van der Waals surface area (Å²) in [6, 6.07) is 7.51. The molecule has 14 heteroatoms. The zero-order valence-electron chi connectivity index (χ0n) is 22.4. The lowest BCUT2D eigenvalue weighted by Crippen LogP contribution is -2.33. The number of fused-ring (bicyclic) bond motifs is 1. The number of aliphatic carboxylic acids is 1. The molecule has 0 aliphatic carbocycles. The monoisotopic (exact) mass is 630 g/mol. The fraction of sp³-hybridized carbons (Fsp3) is 0.345. The van der Waals surface area contributed by atoms with E-state index in [0.29, 0.717) is 28.5 Å². The molecule has 3 aromatic carbocycles. The van der Waals surface area contributed by atoms with E-state index in [0.717, 1.165) is 24.3 Å². The van der Waals surface area contributed by atoms with Crippen molar-refractivity contribution in [3.63, 3.8) is 0 Å². The maximum Gasteiger partial charge on any atom is 0.416 e. The summed E-state index contributed by atoms with van der Waals surface area (Å²) < 4.78 is 119. The maximum atomic E-state index is 14.2. The molecular weight excluding hydrogens is 605 g/mol. The molecule has 2 heterocycles. The molecule has 2 fully saturated rings. The van der Waals surface area contributed by atoms with Crippen LogP contribution < -0.4 is 9.46 Å². The van der Waals surface area contributed by atoms with Crippen LogP contribution in [0, 0.1) is 5.82 Å². The van der Waals surface area contributed by atoms with Gasteiger partial charge in [-0.1, -0.05) is 16.4 Å². The topological polar surface area (TPSA) is 84.9 Å². The van der Waals surface area contributed by atoms with Gasteiger partial charge in [-0.05, 0) is 84.0 Å². The van der Waals surface area contributed by atoms with E-state index < -0.39 is 64.9 Å². The molecule has 0 amide bonds. The number of halogens is 7. The van der Waals surface area contributed by atoms with Gasteiger partial charge in [0, 0.05) is 12.0 Å². The Balaban J connectivity index is 1.58. The lowest BCUT2D eigenvalue weighted by Gasteiger charge is -2.26. The first kappa shape index (κ1) is 31.1. The van der Waals surface area contributed by atoms with Crippen molar-refractivity contribution in [2.24, 2.45) is 0 Å². The van der Waals surface area contributed by atoms with Crippen LogP contribution in [0.3, 0.4) is 0 Å². The van der Waals surface area contributed by atoms with Gasteiger partial charge in [-0.2, -0.15) is 26.3 Å². The van der Waals surface area contributed by atoms with Crippen LogP contribution in [-0.4, -0.2) is 33.1 Å². The minimum Gasteiger partial charge on any atom is -0.579 e. The highest BCUT2D eigenvalue weighted by atomic mass is 32.2. The van der Waals surface area contributed by atoms with Crippen LogP contribution in [0.4, 0.5) is 30.7 Å². The summed E-state index contributed by atoms with van der Waals surface area (Å²) >= 11 is -2.03. The van der Waals surface area contributed by atoms with Gasteiger partial charge in [0.25, 0.3) is 0 Å². The summed E-state index contributed by atoms with van der Waals surface area (Å²) in [6.07, 6.45) is -9.09. The standard InChI is InChI=1S/C29H25F7N2O4S/c1-42-25-8-2-15(3-9-26(39)40)10-22(25)20-5-4-17(28(31,32)33)14-21(20)23-6-7-24-27(37-43(41)38(23)24)16-11-18(29(34,35)36)13-19(30)12-16/h2,4-5,8,10-14,23-24,27,37H,3,6-7,9H2,1H3,(H,39,40)/t23-,24-,27+,43?/m0/s1. The fourth-order valence-electron chi connectivity index (χ4n) is 5.79. The first-order valence-corrected chi connectivity index (χ1v) is 14.2. The number of nitrogens with one attached hydrogen (secondary N) is 1. The van der Waals surface area contributed by atoms with Crippen molar-refractivity contribution in [3.05, 3.63) is 88.2 Å². The van der Waals surface area contributed by atoms with E-state index in [4.69, 9.17) is 9.84 Å². The van der Waals surface area contributed by atoms with Crippen molar-refractivity contribution >= 4 is 17.5 Å². The Morgan fingerprint density at radius 1 is 1.00 bits per heavy atom. The van der Waals surface area contributed by atoms with E-state index in [1.54, 1.807) is 18.2 Å². The van der Waals surface area contributed by atoms with Crippen LogP contribution in [0.15, 0.2) is 54.6 Å². The third-order valence-corrected chi connectivity index (χ3v) is 9.06. The fourth-order valence-corrected chi connectivity index (χ4v) is 7.34. The Morgan fingerprint density at radius 2 is 1.72 bits per heavy atom. The van der Waals surface area contributed by atoms with Crippen molar-refractivity contribution in [1.29, 1.82) is 0 Å². The van der Waals surface area contributed by atoms with E-state index in [2.05, 4.69) is 4.72 Å². The number of carboxylic acids is 1. The lowest BCUT2D eigenvalue weighted by atomic mass is 9.90. The second-order valence-electron chi connectivity index (χ2n) is 10.4. The average Bonchev–Trinajstić information content (AvgIpc) is 3.51. The first-order valence-electron chi connectivity index (χ1n) is 13.1. The minimum absolute atomic E-state index is 0.0779. The van der Waals surface area contributed by atoms with Gasteiger partial charge in [-0.3, -0.25) is 4.79 Å². The molecular formula is C29H25F7N2O4S. The molecule has 2 aliphatic rings. The molecule has 2 aliphatic heterocycles. The van der Waals surface area contributed by atoms with Gasteiger partial charge < -0.3 is 14.4 Å². The maximum absolute atomic E-state index is 14.2. The third kappa shape index (κ3) is 6.33. The number of hydrogen-bond donors (Lipinski definition) is 2. The molecule has 0 radical (unpaired) electrons. The normalized spacial score (nSPS) is 22.5. The van der Waals surface area contributed by atoms with Gasteiger partial charge in [-0.25, -0.2) is 4.39 Å². The van der Waals surface area contributed by atoms with Crippen LogP contribution in [0.25, 0.3) is 11.1 Å². The Kier molecular flexibility index (Phi) is 8.42. The number of hydrogen-bond acceptors (Lipinski definition) is 5. The largest absolute Gasteiger partial charge is 0.579 e. The first-order chi connectivity index (χ1) is 20.2. The average molecular weight is 631 g/mol. The SMILES string of the molecule is COc1ccc(CCC(=O)O)cc1-c1ccc(C(F)(F)F)cc1[C@@H]1CC[C@H]2[C@@H](c3cc(F)cc(C(F)(F)F)c3)N[S+]([O-])N12. The number of carbonyl (C=O) groups is 1. The number of benzene rings is 3. The summed E-state index contributed by atoms with van der Waals surface area (Å²) in [5, 5.41) is 9.09. The van der Waals surface area contributed by atoms with Crippen LogP contribution in [0.1, 0.15) is 59.2 Å². The molecule has 4 atom stereocenters. The van der Waals surface area contributed by atoms with Crippen LogP contribution in [0.2, 0.25) is 0 Å². The predicted octanol–water partition coefficient (Wildman–Crippen LogP) is 6.98. The Bertz CT molecular complexity index is 1530. The molecule has 1 unspecified atom stereocenters. The van der Waals surface area contributed by atoms with Crippen molar-refractivity contribution in [2.75, 3.05) is 7.11 Å².